The maximum atomic E-state index is 11.6. The number of guanidine groups is 1. The third-order valence-corrected chi connectivity index (χ3v) is 4.25. The van der Waals surface area contributed by atoms with Crippen LogP contribution in [0.3, 0.4) is 0 Å². The summed E-state index contributed by atoms with van der Waals surface area (Å²) in [6, 6.07) is 0. The van der Waals surface area contributed by atoms with Crippen LogP contribution in [-0.4, -0.2) is 57.5 Å². The Balaban J connectivity index is 0.00000625. The number of aliphatic imine (C=N–C) groups is 1. The van der Waals surface area contributed by atoms with Crippen LogP contribution in [0.4, 0.5) is 4.79 Å². The molecule has 26 heavy (non-hydrogen) atoms. The lowest BCUT2D eigenvalue weighted by Gasteiger charge is -2.40. The number of ether oxygens (including phenoxy) is 2. The topological polar surface area (TPSA) is 84.0 Å². The number of methoxy groups -OCH3 is 1. The molecule has 0 radical (unpaired) electrons. The summed E-state index contributed by atoms with van der Waals surface area (Å²) in [5.74, 6) is 0.789. The van der Waals surface area contributed by atoms with Crippen molar-refractivity contribution < 1.29 is 14.3 Å². The molecule has 0 saturated heterocycles. The molecular weight excluding hydrogens is 447 g/mol. The van der Waals surface area contributed by atoms with E-state index in [1.165, 1.54) is 19.3 Å². The molecule has 0 bridgehead atoms. The molecular formula is C18H37IN4O3. The normalized spacial score (nSPS) is 16.1. The van der Waals surface area contributed by atoms with Gasteiger partial charge in [0, 0.05) is 39.9 Å². The number of hydrogen-bond acceptors (Lipinski definition) is 4. The molecule has 0 unspecified atom stereocenters. The van der Waals surface area contributed by atoms with Crippen molar-refractivity contribution >= 4 is 36.0 Å². The molecule has 0 heterocycles. The van der Waals surface area contributed by atoms with Gasteiger partial charge in [0.2, 0.25) is 0 Å². The summed E-state index contributed by atoms with van der Waals surface area (Å²) in [7, 11) is 1.75. The molecule has 0 atom stereocenters. The molecule has 8 heteroatoms. The second-order valence-corrected chi connectivity index (χ2v) is 7.65. The molecule has 1 fully saturated rings. The molecule has 7 nitrogen and oxygen atoms in total. The number of rotatable bonds is 9. The smallest absolute Gasteiger partial charge is 0.407 e. The van der Waals surface area contributed by atoms with E-state index in [1.807, 2.05) is 27.7 Å². The highest BCUT2D eigenvalue weighted by molar-refractivity contribution is 14.0. The molecule has 0 spiro atoms. The molecule has 0 aromatic rings. The van der Waals surface area contributed by atoms with Gasteiger partial charge in [0.25, 0.3) is 0 Å². The van der Waals surface area contributed by atoms with Crippen LogP contribution in [0.1, 0.15) is 53.4 Å². The predicted octanol–water partition coefficient (Wildman–Crippen LogP) is 2.89. The third-order valence-electron chi connectivity index (χ3n) is 4.25. The fourth-order valence-corrected chi connectivity index (χ4v) is 2.73. The zero-order valence-corrected chi connectivity index (χ0v) is 19.3. The third kappa shape index (κ3) is 10.4. The number of hydrogen-bond donors (Lipinski definition) is 3. The van der Waals surface area contributed by atoms with E-state index in [2.05, 4.69) is 16.0 Å². The van der Waals surface area contributed by atoms with E-state index < -0.39 is 11.7 Å². The summed E-state index contributed by atoms with van der Waals surface area (Å²) < 4.78 is 10.4. The van der Waals surface area contributed by atoms with Crippen molar-refractivity contribution in [3.8, 4) is 0 Å². The van der Waals surface area contributed by atoms with Crippen LogP contribution < -0.4 is 16.0 Å². The summed E-state index contributed by atoms with van der Waals surface area (Å²) >= 11 is 0. The van der Waals surface area contributed by atoms with Crippen LogP contribution >= 0.6 is 24.0 Å². The maximum absolute atomic E-state index is 11.6. The van der Waals surface area contributed by atoms with Gasteiger partial charge in [0.1, 0.15) is 5.60 Å². The minimum atomic E-state index is -0.479. The standard InChI is InChI=1S/C18H36N4O3.HI/c1-6-19-15(20-11-12-21-16(23)25-17(2,3)4)22-14-18(8-7-9-18)10-13-24-5;/h6-14H2,1-5H3,(H,21,23)(H2,19,20,22);1H. The van der Waals surface area contributed by atoms with Gasteiger partial charge < -0.3 is 25.4 Å². The van der Waals surface area contributed by atoms with Crippen molar-refractivity contribution in [1.29, 1.82) is 0 Å². The van der Waals surface area contributed by atoms with Crippen LogP contribution in [0, 0.1) is 5.41 Å². The van der Waals surface area contributed by atoms with Crippen LogP contribution in [-0.2, 0) is 9.47 Å². The van der Waals surface area contributed by atoms with Gasteiger partial charge in [0.15, 0.2) is 5.96 Å². The Morgan fingerprint density at radius 2 is 1.81 bits per heavy atom. The fourth-order valence-electron chi connectivity index (χ4n) is 2.73. The Morgan fingerprint density at radius 1 is 1.15 bits per heavy atom. The quantitative estimate of drug-likeness (QED) is 0.203. The molecule has 0 aromatic heterocycles. The average molecular weight is 484 g/mol. The molecule has 0 aromatic carbocycles. The second kappa shape index (κ2) is 12.6. The van der Waals surface area contributed by atoms with Crippen molar-refractivity contribution in [3.05, 3.63) is 0 Å². The molecule has 1 rings (SSSR count). The number of carbonyl (C=O) groups excluding carboxylic acids is 1. The summed E-state index contributed by atoms with van der Waals surface area (Å²) in [5.41, 5.74) is -0.180. The lowest BCUT2D eigenvalue weighted by molar-refractivity contribution is 0.0529. The summed E-state index contributed by atoms with van der Waals surface area (Å²) in [5, 5.41) is 9.24. The van der Waals surface area contributed by atoms with E-state index in [1.54, 1.807) is 7.11 Å². The van der Waals surface area contributed by atoms with Gasteiger partial charge in [-0.2, -0.15) is 0 Å². The second-order valence-electron chi connectivity index (χ2n) is 7.65. The van der Waals surface area contributed by atoms with Crippen LogP contribution in [0.5, 0.6) is 0 Å². The summed E-state index contributed by atoms with van der Waals surface area (Å²) in [6.45, 7) is 11.1. The van der Waals surface area contributed by atoms with Gasteiger partial charge >= 0.3 is 6.09 Å². The van der Waals surface area contributed by atoms with Crippen molar-refractivity contribution in [1.82, 2.24) is 16.0 Å². The number of alkyl carbamates (subject to hydrolysis) is 1. The number of carbonyl (C=O) groups is 1. The molecule has 154 valence electrons. The minimum Gasteiger partial charge on any atom is -0.444 e. The zero-order valence-electron chi connectivity index (χ0n) is 16.9. The Bertz CT molecular complexity index is 435. The number of halogens is 1. The average Bonchev–Trinajstić information content (AvgIpc) is 2.48. The van der Waals surface area contributed by atoms with Crippen molar-refractivity contribution in [2.24, 2.45) is 10.4 Å². The first kappa shape index (κ1) is 25.2. The molecule has 3 N–H and O–H groups in total. The van der Waals surface area contributed by atoms with E-state index in [4.69, 9.17) is 14.5 Å². The number of nitrogens with one attached hydrogen (secondary N) is 3. The van der Waals surface area contributed by atoms with Crippen molar-refractivity contribution in [3.63, 3.8) is 0 Å². The lowest BCUT2D eigenvalue weighted by Crippen LogP contribution is -2.43. The Morgan fingerprint density at radius 3 is 2.31 bits per heavy atom. The SMILES string of the molecule is CCNC(=NCC1(CCOC)CCC1)NCCNC(=O)OC(C)(C)C.I. The van der Waals surface area contributed by atoms with Gasteiger partial charge in [-0.1, -0.05) is 6.42 Å². The molecule has 1 amide bonds. The van der Waals surface area contributed by atoms with Gasteiger partial charge in [-0.3, -0.25) is 4.99 Å². The van der Waals surface area contributed by atoms with E-state index in [0.29, 0.717) is 18.5 Å². The van der Waals surface area contributed by atoms with Gasteiger partial charge in [-0.05, 0) is 52.4 Å². The van der Waals surface area contributed by atoms with E-state index in [0.717, 1.165) is 32.1 Å². The molecule has 1 saturated carbocycles. The van der Waals surface area contributed by atoms with Gasteiger partial charge in [0.05, 0.1) is 0 Å². The van der Waals surface area contributed by atoms with Crippen molar-refractivity contribution in [2.75, 3.05) is 39.9 Å². The van der Waals surface area contributed by atoms with E-state index in [-0.39, 0.29) is 24.0 Å². The Kier molecular flexibility index (Phi) is 12.2. The van der Waals surface area contributed by atoms with Crippen LogP contribution in [0.15, 0.2) is 4.99 Å². The highest BCUT2D eigenvalue weighted by Crippen LogP contribution is 2.44. The first-order valence-electron chi connectivity index (χ1n) is 9.28. The fraction of sp³-hybridized carbons (Fsp3) is 0.889. The summed E-state index contributed by atoms with van der Waals surface area (Å²) in [4.78, 5) is 16.3. The van der Waals surface area contributed by atoms with Gasteiger partial charge in [-0.25, -0.2) is 4.79 Å². The van der Waals surface area contributed by atoms with Gasteiger partial charge in [-0.15, -0.1) is 24.0 Å². The predicted molar refractivity (Wildman–Crippen MR) is 116 cm³/mol. The Hall–Kier alpha value is -0.770. The number of nitrogens with zero attached hydrogens (tertiary/aromatic N) is 1. The lowest BCUT2D eigenvalue weighted by atomic mass is 9.67. The summed E-state index contributed by atoms with van der Waals surface area (Å²) in [6.07, 6.45) is 4.39. The molecule has 1 aliphatic carbocycles. The largest absolute Gasteiger partial charge is 0.444 e. The monoisotopic (exact) mass is 484 g/mol. The first-order chi connectivity index (χ1) is 11.8. The van der Waals surface area contributed by atoms with E-state index >= 15 is 0 Å². The highest BCUT2D eigenvalue weighted by atomic mass is 127. The van der Waals surface area contributed by atoms with Crippen LogP contribution in [0.25, 0.3) is 0 Å². The zero-order chi connectivity index (χ0) is 18.8. The Labute approximate surface area is 175 Å². The minimum absolute atomic E-state index is 0. The molecule has 0 aliphatic heterocycles. The first-order valence-corrected chi connectivity index (χ1v) is 9.28. The van der Waals surface area contributed by atoms with Crippen molar-refractivity contribution in [2.45, 2.75) is 59.0 Å². The maximum Gasteiger partial charge on any atom is 0.407 e. The molecule has 1 aliphatic rings. The van der Waals surface area contributed by atoms with E-state index in [9.17, 15) is 4.79 Å². The van der Waals surface area contributed by atoms with Crippen LogP contribution in [0.2, 0.25) is 0 Å². The highest BCUT2D eigenvalue weighted by Gasteiger charge is 2.36. The number of amides is 1.